The summed E-state index contributed by atoms with van der Waals surface area (Å²) in [5.74, 6) is 0.926. The first kappa shape index (κ1) is 9.99. The fourth-order valence-electron chi connectivity index (χ4n) is 1.25. The molecule has 2 aromatic rings. The summed E-state index contributed by atoms with van der Waals surface area (Å²) < 4.78 is 5.52. The van der Waals surface area contributed by atoms with Crippen molar-refractivity contribution in [2.24, 2.45) is 0 Å². The van der Waals surface area contributed by atoms with E-state index >= 15 is 0 Å². The van der Waals surface area contributed by atoms with E-state index in [0.717, 1.165) is 0 Å². The van der Waals surface area contributed by atoms with Crippen LogP contribution in [0.5, 0.6) is 11.5 Å². The average Bonchev–Trinajstić information content (AvgIpc) is 2.33. The normalized spacial score (nSPS) is 9.44. The number of nitriles is 1. The van der Waals surface area contributed by atoms with Crippen LogP contribution in [0.3, 0.4) is 0 Å². The highest BCUT2D eigenvalue weighted by Gasteiger charge is 2.05. The average molecular weight is 211 g/mol. The van der Waals surface area contributed by atoms with Gasteiger partial charge >= 0.3 is 0 Å². The molecule has 1 aromatic heterocycles. The van der Waals surface area contributed by atoms with Gasteiger partial charge in [-0.1, -0.05) is 12.1 Å². The van der Waals surface area contributed by atoms with Crippen LogP contribution in [0.1, 0.15) is 5.56 Å². The molecular formula is C12H9N3O. The Bertz CT molecular complexity index is 546. The molecule has 16 heavy (non-hydrogen) atoms. The second-order valence-electron chi connectivity index (χ2n) is 3.12. The second-order valence-corrected chi connectivity index (χ2v) is 3.12. The third kappa shape index (κ3) is 1.93. The van der Waals surface area contributed by atoms with Crippen molar-refractivity contribution >= 4 is 5.69 Å². The predicted octanol–water partition coefficient (Wildman–Crippen LogP) is 2.33. The molecule has 0 aliphatic carbocycles. The van der Waals surface area contributed by atoms with Gasteiger partial charge in [0.05, 0.1) is 17.4 Å². The minimum Gasteiger partial charge on any atom is -0.452 e. The van der Waals surface area contributed by atoms with Crippen LogP contribution < -0.4 is 10.5 Å². The molecule has 2 N–H and O–H groups in total. The third-order valence-electron chi connectivity index (χ3n) is 2.04. The number of pyridine rings is 1. The summed E-state index contributed by atoms with van der Waals surface area (Å²) >= 11 is 0. The van der Waals surface area contributed by atoms with Gasteiger partial charge < -0.3 is 10.5 Å². The number of nitrogen functional groups attached to an aromatic ring is 1. The lowest BCUT2D eigenvalue weighted by atomic mass is 10.2. The molecule has 0 radical (unpaired) electrons. The Morgan fingerprint density at radius 3 is 2.75 bits per heavy atom. The van der Waals surface area contributed by atoms with Crippen molar-refractivity contribution in [1.82, 2.24) is 4.98 Å². The maximum absolute atomic E-state index is 8.88. The minimum absolute atomic E-state index is 0.405. The molecule has 2 rings (SSSR count). The molecule has 0 spiro atoms. The van der Waals surface area contributed by atoms with Crippen LogP contribution in [0, 0.1) is 11.3 Å². The Morgan fingerprint density at radius 1 is 1.19 bits per heavy atom. The zero-order valence-electron chi connectivity index (χ0n) is 8.42. The lowest BCUT2D eigenvalue weighted by Crippen LogP contribution is -1.93. The van der Waals surface area contributed by atoms with Crippen molar-refractivity contribution in [3.05, 3.63) is 48.3 Å². The van der Waals surface area contributed by atoms with Crippen molar-refractivity contribution < 1.29 is 4.74 Å². The number of rotatable bonds is 2. The summed E-state index contributed by atoms with van der Waals surface area (Å²) in [5, 5.41) is 8.88. The SMILES string of the molecule is N#Cc1ccncc1Oc1ccccc1N. The van der Waals surface area contributed by atoms with Gasteiger partial charge in [-0.15, -0.1) is 0 Å². The van der Waals surface area contributed by atoms with Gasteiger partial charge in [0.15, 0.2) is 5.75 Å². The first-order chi connectivity index (χ1) is 7.81. The number of hydrogen-bond donors (Lipinski definition) is 1. The molecule has 1 aromatic carbocycles. The van der Waals surface area contributed by atoms with Crippen LogP contribution in [0.4, 0.5) is 5.69 Å². The van der Waals surface area contributed by atoms with Gasteiger partial charge in [-0.3, -0.25) is 4.98 Å². The molecule has 4 heteroatoms. The number of anilines is 1. The zero-order valence-corrected chi connectivity index (χ0v) is 8.42. The van der Waals surface area contributed by atoms with Gasteiger partial charge in [0, 0.05) is 6.20 Å². The Morgan fingerprint density at radius 2 is 2.00 bits per heavy atom. The highest BCUT2D eigenvalue weighted by atomic mass is 16.5. The first-order valence-electron chi connectivity index (χ1n) is 4.67. The molecule has 0 atom stereocenters. The Kier molecular flexibility index (Phi) is 2.70. The fraction of sp³-hybridized carbons (Fsp3) is 0. The van der Waals surface area contributed by atoms with E-state index in [-0.39, 0.29) is 0 Å². The minimum atomic E-state index is 0.405. The van der Waals surface area contributed by atoms with Gasteiger partial charge in [-0.2, -0.15) is 5.26 Å². The number of para-hydroxylation sites is 2. The maximum atomic E-state index is 8.88. The molecule has 0 unspecified atom stereocenters. The molecule has 0 fully saturated rings. The van der Waals surface area contributed by atoms with Crippen LogP contribution >= 0.6 is 0 Å². The molecule has 0 saturated heterocycles. The molecule has 0 bridgehead atoms. The number of hydrogen-bond acceptors (Lipinski definition) is 4. The van der Waals surface area contributed by atoms with E-state index in [1.54, 1.807) is 24.4 Å². The summed E-state index contributed by atoms with van der Waals surface area (Å²) in [6, 6.07) is 10.7. The number of aromatic nitrogens is 1. The van der Waals surface area contributed by atoms with Crippen LogP contribution in [0.2, 0.25) is 0 Å². The Labute approximate surface area is 92.9 Å². The first-order valence-corrected chi connectivity index (χ1v) is 4.67. The number of benzene rings is 1. The molecule has 0 aliphatic rings. The van der Waals surface area contributed by atoms with Crippen molar-refractivity contribution in [2.45, 2.75) is 0 Å². The molecule has 0 saturated carbocycles. The smallest absolute Gasteiger partial charge is 0.163 e. The van der Waals surface area contributed by atoms with Crippen LogP contribution in [0.25, 0.3) is 0 Å². The van der Waals surface area contributed by atoms with Crippen molar-refractivity contribution in [3.8, 4) is 17.6 Å². The molecule has 1 heterocycles. The van der Waals surface area contributed by atoms with Gasteiger partial charge in [-0.05, 0) is 18.2 Å². The topological polar surface area (TPSA) is 71.9 Å². The predicted molar refractivity (Wildman–Crippen MR) is 59.9 cm³/mol. The highest BCUT2D eigenvalue weighted by Crippen LogP contribution is 2.28. The third-order valence-corrected chi connectivity index (χ3v) is 2.04. The molecule has 0 aliphatic heterocycles. The quantitative estimate of drug-likeness (QED) is 0.774. The monoisotopic (exact) mass is 211 g/mol. The van der Waals surface area contributed by atoms with Crippen LogP contribution in [0.15, 0.2) is 42.7 Å². The largest absolute Gasteiger partial charge is 0.452 e. The Balaban J connectivity index is 2.35. The summed E-state index contributed by atoms with van der Waals surface area (Å²) in [4.78, 5) is 3.90. The van der Waals surface area contributed by atoms with Crippen molar-refractivity contribution in [1.29, 1.82) is 5.26 Å². The van der Waals surface area contributed by atoms with E-state index in [0.29, 0.717) is 22.7 Å². The number of ether oxygens (including phenoxy) is 1. The molecular weight excluding hydrogens is 202 g/mol. The van der Waals surface area contributed by atoms with Crippen LogP contribution in [-0.2, 0) is 0 Å². The van der Waals surface area contributed by atoms with E-state index in [2.05, 4.69) is 4.98 Å². The lowest BCUT2D eigenvalue weighted by Gasteiger charge is -2.08. The standard InChI is InChI=1S/C12H9N3O/c13-7-9-5-6-15-8-12(9)16-11-4-2-1-3-10(11)14/h1-6,8H,14H2. The highest BCUT2D eigenvalue weighted by molar-refractivity contribution is 5.54. The van der Waals surface area contributed by atoms with Crippen LogP contribution in [-0.4, -0.2) is 4.98 Å². The van der Waals surface area contributed by atoms with E-state index in [1.165, 1.54) is 6.20 Å². The van der Waals surface area contributed by atoms with Gasteiger partial charge in [0.2, 0.25) is 0 Å². The zero-order chi connectivity index (χ0) is 11.4. The lowest BCUT2D eigenvalue weighted by molar-refractivity contribution is 0.481. The van der Waals surface area contributed by atoms with Crippen molar-refractivity contribution in [3.63, 3.8) is 0 Å². The van der Waals surface area contributed by atoms with Gasteiger partial charge in [0.1, 0.15) is 11.8 Å². The Hall–Kier alpha value is -2.54. The van der Waals surface area contributed by atoms with E-state index < -0.39 is 0 Å². The van der Waals surface area contributed by atoms with Gasteiger partial charge in [-0.25, -0.2) is 0 Å². The second kappa shape index (κ2) is 4.32. The fourth-order valence-corrected chi connectivity index (χ4v) is 1.25. The van der Waals surface area contributed by atoms with Crippen molar-refractivity contribution in [2.75, 3.05) is 5.73 Å². The molecule has 4 nitrogen and oxygen atoms in total. The summed E-state index contributed by atoms with van der Waals surface area (Å²) in [5.41, 5.74) is 6.68. The number of nitrogens with zero attached hydrogens (tertiary/aromatic N) is 2. The van der Waals surface area contributed by atoms with E-state index in [1.807, 2.05) is 18.2 Å². The maximum Gasteiger partial charge on any atom is 0.163 e. The van der Waals surface area contributed by atoms with E-state index in [9.17, 15) is 0 Å². The summed E-state index contributed by atoms with van der Waals surface area (Å²) in [7, 11) is 0. The number of nitrogens with two attached hydrogens (primary N) is 1. The molecule has 0 amide bonds. The molecule has 78 valence electrons. The van der Waals surface area contributed by atoms with E-state index in [4.69, 9.17) is 15.7 Å². The summed E-state index contributed by atoms with van der Waals surface area (Å²) in [6.45, 7) is 0. The summed E-state index contributed by atoms with van der Waals surface area (Å²) in [6.07, 6.45) is 3.03. The van der Waals surface area contributed by atoms with Gasteiger partial charge in [0.25, 0.3) is 0 Å².